The molecule has 0 saturated carbocycles. The Morgan fingerprint density at radius 1 is 1.14 bits per heavy atom. The first kappa shape index (κ1) is 17.9. The first-order valence-electron chi connectivity index (χ1n) is 9.51. The van der Waals surface area contributed by atoms with E-state index in [1.165, 1.54) is 11.2 Å². The third-order valence-electron chi connectivity index (χ3n) is 5.90. The molecular formula is C22H19ClN4O2. The van der Waals surface area contributed by atoms with Gasteiger partial charge in [0, 0.05) is 28.0 Å². The standard InChI is InChI=1S/C22H19ClN4O2/c1-22-20-16(15-7-3-5-9-18(15)25-20)10-11-26(22)19(28)13-27(21(22)29)24-12-14-6-2-4-8-17(14)23/h2-9,12,25H,10-11,13H2,1H3/t22-/m1/s1. The summed E-state index contributed by atoms with van der Waals surface area (Å²) in [7, 11) is 0. The van der Waals surface area contributed by atoms with Crippen LogP contribution in [0.15, 0.2) is 53.6 Å². The predicted molar refractivity (Wildman–Crippen MR) is 112 cm³/mol. The largest absolute Gasteiger partial charge is 0.356 e. The van der Waals surface area contributed by atoms with Crippen molar-refractivity contribution in [3.05, 3.63) is 70.4 Å². The van der Waals surface area contributed by atoms with Crippen molar-refractivity contribution in [2.45, 2.75) is 18.9 Å². The summed E-state index contributed by atoms with van der Waals surface area (Å²) < 4.78 is 0. The zero-order chi connectivity index (χ0) is 20.2. The van der Waals surface area contributed by atoms with Gasteiger partial charge in [-0.2, -0.15) is 5.10 Å². The molecule has 0 radical (unpaired) electrons. The highest BCUT2D eigenvalue weighted by atomic mass is 35.5. The van der Waals surface area contributed by atoms with Crippen molar-refractivity contribution in [3.8, 4) is 0 Å². The van der Waals surface area contributed by atoms with Gasteiger partial charge in [0.05, 0.1) is 11.9 Å². The van der Waals surface area contributed by atoms with Crippen LogP contribution >= 0.6 is 11.6 Å². The molecule has 29 heavy (non-hydrogen) atoms. The van der Waals surface area contributed by atoms with Crippen LogP contribution in [0.25, 0.3) is 10.9 Å². The van der Waals surface area contributed by atoms with Crippen LogP contribution in [0, 0.1) is 0 Å². The van der Waals surface area contributed by atoms with E-state index in [0.717, 1.165) is 28.6 Å². The van der Waals surface area contributed by atoms with Gasteiger partial charge in [0.15, 0.2) is 5.54 Å². The summed E-state index contributed by atoms with van der Waals surface area (Å²) in [5.74, 6) is -0.347. The molecule has 1 fully saturated rings. The SMILES string of the molecule is C[C@@]12C(=O)N(N=Cc3ccccc3Cl)CC(=O)N1CCc1c2[nH]c2ccccc12. The number of hydrogen-bond donors (Lipinski definition) is 1. The average Bonchev–Trinajstić information content (AvgIpc) is 3.11. The summed E-state index contributed by atoms with van der Waals surface area (Å²) >= 11 is 6.18. The lowest BCUT2D eigenvalue weighted by atomic mass is 9.83. The number of aromatic nitrogens is 1. The lowest BCUT2D eigenvalue weighted by Gasteiger charge is -2.48. The van der Waals surface area contributed by atoms with Crippen LogP contribution in [0.5, 0.6) is 0 Å². The summed E-state index contributed by atoms with van der Waals surface area (Å²) in [6.07, 6.45) is 2.25. The van der Waals surface area contributed by atoms with Crippen molar-refractivity contribution in [1.82, 2.24) is 14.9 Å². The van der Waals surface area contributed by atoms with Crippen LogP contribution < -0.4 is 0 Å². The molecule has 1 N–H and O–H groups in total. The number of amides is 2. The molecule has 0 unspecified atom stereocenters. The Labute approximate surface area is 172 Å². The van der Waals surface area contributed by atoms with Gasteiger partial charge in [0.2, 0.25) is 5.91 Å². The second-order valence-electron chi connectivity index (χ2n) is 7.52. The number of benzene rings is 2. The number of carbonyl (C=O) groups is 2. The van der Waals surface area contributed by atoms with Gasteiger partial charge in [-0.3, -0.25) is 9.59 Å². The summed E-state index contributed by atoms with van der Waals surface area (Å²) in [4.78, 5) is 31.5. The van der Waals surface area contributed by atoms with Crippen LogP contribution in [0.2, 0.25) is 5.02 Å². The molecule has 2 aliphatic heterocycles. The highest BCUT2D eigenvalue weighted by Crippen LogP contribution is 2.41. The molecule has 2 amide bonds. The van der Waals surface area contributed by atoms with Crippen LogP contribution in [0.4, 0.5) is 0 Å². The zero-order valence-corrected chi connectivity index (χ0v) is 16.6. The Hall–Kier alpha value is -3.12. The molecule has 2 aromatic carbocycles. The molecule has 146 valence electrons. The van der Waals surface area contributed by atoms with E-state index >= 15 is 0 Å². The van der Waals surface area contributed by atoms with Crippen LogP contribution in [0.3, 0.4) is 0 Å². The summed E-state index contributed by atoms with van der Waals surface area (Å²) in [5.41, 5.74) is 2.42. The number of nitrogens with zero attached hydrogens (tertiary/aromatic N) is 3. The molecule has 1 saturated heterocycles. The maximum atomic E-state index is 13.5. The number of aromatic amines is 1. The Balaban J connectivity index is 1.58. The molecule has 0 aliphatic carbocycles. The van der Waals surface area contributed by atoms with Gasteiger partial charge in [-0.1, -0.05) is 48.0 Å². The number of nitrogens with one attached hydrogen (secondary N) is 1. The van der Waals surface area contributed by atoms with E-state index in [2.05, 4.69) is 10.1 Å². The molecule has 5 rings (SSSR count). The second-order valence-corrected chi connectivity index (χ2v) is 7.93. The van der Waals surface area contributed by atoms with Crippen molar-refractivity contribution < 1.29 is 9.59 Å². The number of carbonyl (C=O) groups excluding carboxylic acids is 2. The first-order chi connectivity index (χ1) is 14.0. The Morgan fingerprint density at radius 2 is 1.90 bits per heavy atom. The predicted octanol–water partition coefficient (Wildman–Crippen LogP) is 3.30. The number of fused-ring (bicyclic) bond motifs is 5. The normalized spacial score (nSPS) is 21.7. The van der Waals surface area contributed by atoms with E-state index < -0.39 is 5.54 Å². The molecule has 7 heteroatoms. The summed E-state index contributed by atoms with van der Waals surface area (Å²) in [5, 5.41) is 7.21. The minimum absolute atomic E-state index is 0.0784. The molecule has 2 aliphatic rings. The number of piperazine rings is 1. The quantitative estimate of drug-likeness (QED) is 0.663. The molecule has 1 atom stereocenters. The fourth-order valence-electron chi connectivity index (χ4n) is 4.40. The van der Waals surface area contributed by atoms with Gasteiger partial charge in [-0.05, 0) is 31.0 Å². The number of hydrazone groups is 1. The monoisotopic (exact) mass is 406 g/mol. The van der Waals surface area contributed by atoms with E-state index in [0.29, 0.717) is 17.1 Å². The first-order valence-corrected chi connectivity index (χ1v) is 9.89. The molecule has 3 aromatic rings. The van der Waals surface area contributed by atoms with Crippen molar-refractivity contribution in [2.75, 3.05) is 13.1 Å². The summed E-state index contributed by atoms with van der Waals surface area (Å²) in [6.45, 7) is 2.24. The van der Waals surface area contributed by atoms with Gasteiger partial charge in [-0.25, -0.2) is 5.01 Å². The van der Waals surface area contributed by atoms with Crippen LogP contribution in [0.1, 0.15) is 23.7 Å². The van der Waals surface area contributed by atoms with E-state index in [-0.39, 0.29) is 18.4 Å². The van der Waals surface area contributed by atoms with E-state index in [1.807, 2.05) is 42.5 Å². The Bertz CT molecular complexity index is 1180. The van der Waals surface area contributed by atoms with E-state index in [9.17, 15) is 9.59 Å². The van der Waals surface area contributed by atoms with Gasteiger partial charge >= 0.3 is 0 Å². The van der Waals surface area contributed by atoms with Crippen molar-refractivity contribution in [3.63, 3.8) is 0 Å². The minimum Gasteiger partial charge on any atom is -0.356 e. The maximum absolute atomic E-state index is 13.5. The number of hydrogen-bond acceptors (Lipinski definition) is 3. The highest BCUT2D eigenvalue weighted by molar-refractivity contribution is 6.33. The zero-order valence-electron chi connectivity index (χ0n) is 15.9. The topological polar surface area (TPSA) is 68.8 Å². The number of para-hydroxylation sites is 1. The van der Waals surface area contributed by atoms with Crippen molar-refractivity contribution in [1.29, 1.82) is 0 Å². The average molecular weight is 407 g/mol. The Kier molecular flexibility index (Phi) is 3.99. The molecule has 6 nitrogen and oxygen atoms in total. The maximum Gasteiger partial charge on any atom is 0.275 e. The van der Waals surface area contributed by atoms with Gasteiger partial charge in [0.25, 0.3) is 5.91 Å². The second kappa shape index (κ2) is 6.46. The smallest absolute Gasteiger partial charge is 0.275 e. The van der Waals surface area contributed by atoms with Crippen molar-refractivity contribution in [2.24, 2.45) is 5.10 Å². The lowest BCUT2D eigenvalue weighted by molar-refractivity contribution is -0.165. The molecular weight excluding hydrogens is 388 g/mol. The van der Waals surface area contributed by atoms with Gasteiger partial charge in [-0.15, -0.1) is 0 Å². The van der Waals surface area contributed by atoms with Gasteiger partial charge in [0.1, 0.15) is 6.54 Å². The molecule has 0 bridgehead atoms. The molecule has 3 heterocycles. The van der Waals surface area contributed by atoms with E-state index in [1.54, 1.807) is 17.9 Å². The number of H-pyrrole nitrogens is 1. The third-order valence-corrected chi connectivity index (χ3v) is 6.25. The Morgan fingerprint density at radius 3 is 2.72 bits per heavy atom. The van der Waals surface area contributed by atoms with Crippen molar-refractivity contribution >= 4 is 40.5 Å². The van der Waals surface area contributed by atoms with Crippen LogP contribution in [-0.4, -0.2) is 46.0 Å². The minimum atomic E-state index is -1.11. The van der Waals surface area contributed by atoms with Gasteiger partial charge < -0.3 is 9.88 Å². The highest BCUT2D eigenvalue weighted by Gasteiger charge is 2.54. The number of halogens is 1. The fraction of sp³-hybridized carbons (Fsp3) is 0.227. The summed E-state index contributed by atoms with van der Waals surface area (Å²) in [6, 6.07) is 15.2. The third kappa shape index (κ3) is 2.59. The molecule has 0 spiro atoms. The van der Waals surface area contributed by atoms with Crippen LogP contribution in [-0.2, 0) is 21.5 Å². The fourth-order valence-corrected chi connectivity index (χ4v) is 4.58. The van der Waals surface area contributed by atoms with E-state index in [4.69, 9.17) is 11.6 Å². The molecule has 1 aromatic heterocycles. The number of rotatable bonds is 2. The lowest BCUT2D eigenvalue weighted by Crippen LogP contribution is -2.65.